The molecular formula is C20H23N3O5. The van der Waals surface area contributed by atoms with Gasteiger partial charge < -0.3 is 15.4 Å². The molecule has 2 aromatic carbocycles. The molecule has 2 N–H and O–H groups in total. The van der Waals surface area contributed by atoms with E-state index in [1.54, 1.807) is 30.3 Å². The van der Waals surface area contributed by atoms with Crippen LogP contribution in [0.1, 0.15) is 37.0 Å². The van der Waals surface area contributed by atoms with E-state index in [2.05, 4.69) is 10.6 Å². The number of amides is 2. The maximum absolute atomic E-state index is 12.4. The Morgan fingerprint density at radius 2 is 1.93 bits per heavy atom. The predicted molar refractivity (Wildman–Crippen MR) is 105 cm³/mol. The number of nitro benzene ring substituents is 1. The van der Waals surface area contributed by atoms with Crippen LogP contribution < -0.4 is 15.4 Å². The molecule has 0 fully saturated rings. The number of anilines is 1. The Morgan fingerprint density at radius 3 is 2.64 bits per heavy atom. The van der Waals surface area contributed by atoms with Crippen molar-refractivity contribution in [2.75, 3.05) is 11.9 Å². The maximum atomic E-state index is 12.4. The molecule has 0 saturated heterocycles. The van der Waals surface area contributed by atoms with Gasteiger partial charge in [-0.3, -0.25) is 19.7 Å². The fourth-order valence-electron chi connectivity index (χ4n) is 2.41. The Balaban J connectivity index is 2.01. The van der Waals surface area contributed by atoms with Crippen molar-refractivity contribution >= 4 is 23.2 Å². The van der Waals surface area contributed by atoms with Gasteiger partial charge in [-0.15, -0.1) is 0 Å². The van der Waals surface area contributed by atoms with Crippen LogP contribution in [-0.2, 0) is 4.79 Å². The van der Waals surface area contributed by atoms with E-state index in [9.17, 15) is 19.7 Å². The van der Waals surface area contributed by atoms with E-state index in [4.69, 9.17) is 4.74 Å². The van der Waals surface area contributed by atoms with Gasteiger partial charge in [-0.1, -0.05) is 31.5 Å². The fraction of sp³-hybridized carbons (Fsp3) is 0.300. The highest BCUT2D eigenvalue weighted by Gasteiger charge is 2.21. The predicted octanol–water partition coefficient (Wildman–Crippen LogP) is 3.53. The summed E-state index contributed by atoms with van der Waals surface area (Å²) in [5.41, 5.74) is 0.653. The molecule has 2 rings (SSSR count). The van der Waals surface area contributed by atoms with E-state index < -0.39 is 16.9 Å². The molecule has 0 aliphatic rings. The molecule has 2 aromatic rings. The van der Waals surface area contributed by atoms with Crippen LogP contribution in [0.2, 0.25) is 0 Å². The number of hydrogen-bond acceptors (Lipinski definition) is 5. The molecule has 0 spiro atoms. The topological polar surface area (TPSA) is 111 Å². The van der Waals surface area contributed by atoms with Crippen molar-refractivity contribution in [3.63, 3.8) is 0 Å². The van der Waals surface area contributed by atoms with Crippen molar-refractivity contribution in [2.45, 2.75) is 32.8 Å². The first-order valence-electron chi connectivity index (χ1n) is 9.01. The number of rotatable bonds is 9. The second kappa shape index (κ2) is 10.1. The van der Waals surface area contributed by atoms with Crippen molar-refractivity contribution in [1.82, 2.24) is 5.32 Å². The van der Waals surface area contributed by atoms with Crippen LogP contribution in [0, 0.1) is 10.1 Å². The highest BCUT2D eigenvalue weighted by atomic mass is 16.6. The largest absolute Gasteiger partial charge is 0.474 e. The summed E-state index contributed by atoms with van der Waals surface area (Å²) in [5.74, 6) is -0.686. The third-order valence-corrected chi connectivity index (χ3v) is 3.94. The average molecular weight is 385 g/mol. The average Bonchev–Trinajstić information content (AvgIpc) is 2.68. The Labute approximate surface area is 163 Å². The van der Waals surface area contributed by atoms with E-state index in [0.717, 1.165) is 12.8 Å². The van der Waals surface area contributed by atoms with Gasteiger partial charge in [-0.2, -0.15) is 0 Å². The van der Waals surface area contributed by atoms with Crippen LogP contribution in [0.15, 0.2) is 48.5 Å². The SMILES string of the molecule is CCCCNC(=O)c1cccc(NC(=O)C(C)Oc2ccccc2[N+](=O)[O-])c1. The van der Waals surface area contributed by atoms with E-state index in [1.165, 1.54) is 25.1 Å². The number of nitrogens with one attached hydrogen (secondary N) is 2. The standard InChI is InChI=1S/C20H23N3O5/c1-3-4-12-21-20(25)15-8-7-9-16(13-15)22-19(24)14(2)28-18-11-6-5-10-17(18)23(26)27/h5-11,13-14H,3-4,12H2,1-2H3,(H,21,25)(H,22,24). The molecule has 2 amide bonds. The van der Waals surface area contributed by atoms with Crippen molar-refractivity contribution in [3.05, 3.63) is 64.2 Å². The molecule has 0 aliphatic carbocycles. The van der Waals surface area contributed by atoms with E-state index in [-0.39, 0.29) is 17.3 Å². The molecule has 1 atom stereocenters. The van der Waals surface area contributed by atoms with E-state index in [1.807, 2.05) is 6.92 Å². The summed E-state index contributed by atoms with van der Waals surface area (Å²) >= 11 is 0. The Morgan fingerprint density at radius 1 is 1.18 bits per heavy atom. The number of para-hydroxylation sites is 2. The lowest BCUT2D eigenvalue weighted by molar-refractivity contribution is -0.386. The first kappa shape index (κ1) is 20.9. The molecule has 28 heavy (non-hydrogen) atoms. The van der Waals surface area contributed by atoms with Crippen molar-refractivity contribution in [3.8, 4) is 5.75 Å². The van der Waals surface area contributed by atoms with Gasteiger partial charge in [0.1, 0.15) is 0 Å². The first-order valence-corrected chi connectivity index (χ1v) is 9.01. The van der Waals surface area contributed by atoms with Gasteiger partial charge in [0.25, 0.3) is 11.8 Å². The summed E-state index contributed by atoms with van der Waals surface area (Å²) in [4.78, 5) is 35.0. The Bertz CT molecular complexity index is 853. The summed E-state index contributed by atoms with van der Waals surface area (Å²) in [6, 6.07) is 12.4. The van der Waals surface area contributed by atoms with Crippen LogP contribution in [-0.4, -0.2) is 29.4 Å². The molecule has 0 bridgehead atoms. The summed E-state index contributed by atoms with van der Waals surface area (Å²) < 4.78 is 5.45. The molecule has 148 valence electrons. The number of hydrogen-bond donors (Lipinski definition) is 2. The van der Waals surface area contributed by atoms with Crippen LogP contribution in [0.4, 0.5) is 11.4 Å². The Kier molecular flexibility index (Phi) is 7.50. The highest BCUT2D eigenvalue weighted by Crippen LogP contribution is 2.27. The number of carbonyl (C=O) groups excluding carboxylic acids is 2. The number of benzene rings is 2. The molecule has 8 nitrogen and oxygen atoms in total. The molecule has 0 aliphatic heterocycles. The summed E-state index contributed by atoms with van der Waals surface area (Å²) in [6.07, 6.45) is 0.902. The number of nitrogens with zero attached hydrogens (tertiary/aromatic N) is 1. The van der Waals surface area contributed by atoms with Gasteiger partial charge in [-0.25, -0.2) is 0 Å². The lowest BCUT2D eigenvalue weighted by Crippen LogP contribution is -2.30. The van der Waals surface area contributed by atoms with Gasteiger partial charge in [0.2, 0.25) is 0 Å². The highest BCUT2D eigenvalue weighted by molar-refractivity contribution is 5.98. The van der Waals surface area contributed by atoms with Gasteiger partial charge in [0.15, 0.2) is 11.9 Å². The quantitative estimate of drug-likeness (QED) is 0.390. The monoisotopic (exact) mass is 385 g/mol. The molecule has 8 heteroatoms. The second-order valence-corrected chi connectivity index (χ2v) is 6.16. The Hall–Kier alpha value is -3.42. The third-order valence-electron chi connectivity index (χ3n) is 3.94. The van der Waals surface area contributed by atoms with Gasteiger partial charge >= 0.3 is 5.69 Å². The molecular weight excluding hydrogens is 362 g/mol. The third kappa shape index (κ3) is 5.80. The molecule has 1 unspecified atom stereocenters. The van der Waals surface area contributed by atoms with Gasteiger partial charge in [0, 0.05) is 23.9 Å². The van der Waals surface area contributed by atoms with Gasteiger partial charge in [-0.05, 0) is 37.6 Å². The maximum Gasteiger partial charge on any atom is 0.310 e. The number of unbranched alkanes of at least 4 members (excludes halogenated alkanes) is 1. The van der Waals surface area contributed by atoms with Crippen LogP contribution in [0.3, 0.4) is 0 Å². The second-order valence-electron chi connectivity index (χ2n) is 6.16. The van der Waals surface area contributed by atoms with Gasteiger partial charge in [0.05, 0.1) is 4.92 Å². The van der Waals surface area contributed by atoms with Crippen LogP contribution in [0.25, 0.3) is 0 Å². The van der Waals surface area contributed by atoms with Crippen LogP contribution in [0.5, 0.6) is 5.75 Å². The smallest absolute Gasteiger partial charge is 0.310 e. The molecule has 0 heterocycles. The lowest BCUT2D eigenvalue weighted by atomic mass is 10.1. The van der Waals surface area contributed by atoms with E-state index in [0.29, 0.717) is 17.8 Å². The number of nitro groups is 1. The number of ether oxygens (including phenoxy) is 1. The number of carbonyl (C=O) groups is 2. The zero-order valence-corrected chi connectivity index (χ0v) is 15.8. The molecule has 0 aromatic heterocycles. The molecule has 0 saturated carbocycles. The van der Waals surface area contributed by atoms with E-state index >= 15 is 0 Å². The zero-order chi connectivity index (χ0) is 20.5. The van der Waals surface area contributed by atoms with Crippen molar-refractivity contribution in [1.29, 1.82) is 0 Å². The van der Waals surface area contributed by atoms with Crippen LogP contribution >= 0.6 is 0 Å². The minimum atomic E-state index is -0.969. The van der Waals surface area contributed by atoms with Crippen molar-refractivity contribution < 1.29 is 19.2 Å². The lowest BCUT2D eigenvalue weighted by Gasteiger charge is -2.15. The summed E-state index contributed by atoms with van der Waals surface area (Å²) in [5, 5.41) is 16.5. The molecule has 0 radical (unpaired) electrons. The summed E-state index contributed by atoms with van der Waals surface area (Å²) in [7, 11) is 0. The minimum absolute atomic E-state index is 0.0132. The first-order chi connectivity index (χ1) is 13.4. The zero-order valence-electron chi connectivity index (χ0n) is 15.8. The minimum Gasteiger partial charge on any atom is -0.474 e. The summed E-state index contributed by atoms with van der Waals surface area (Å²) in [6.45, 7) is 4.12. The normalized spacial score (nSPS) is 11.4. The fourth-order valence-corrected chi connectivity index (χ4v) is 2.41. The van der Waals surface area contributed by atoms with Crippen molar-refractivity contribution in [2.24, 2.45) is 0 Å².